The maximum atomic E-state index is 13.8. The van der Waals surface area contributed by atoms with Gasteiger partial charge in [-0.25, -0.2) is 14.6 Å². The first-order valence-corrected chi connectivity index (χ1v) is 20.4. The van der Waals surface area contributed by atoms with Crippen molar-refractivity contribution >= 4 is 23.9 Å². The molecule has 322 valence electrons. The lowest BCUT2D eigenvalue weighted by molar-refractivity contribution is -0.129. The third-order valence-corrected chi connectivity index (χ3v) is 10.2. The standard InChI is InChI=1S/C41H65N9O8/c1-29(2)35(45-40(55)42-15-18-48-20-24-57-25-21-48)38(53)44-37(32-8-6-5-7-9-32)34(52)14-17-50(28-31-10-12-33(51)13-11-31)47-39(54)36(30(3)4)46-41(56)43-16-19-49-22-26-58-27-23-49/h5-13,29-30,34-37,51-52H,14-28H2,1-4H3,(H,44,53)(H,47,54)(H2,42,45,55)(H2,43,46,56). The van der Waals surface area contributed by atoms with Gasteiger partial charge in [-0.2, -0.15) is 0 Å². The zero-order valence-corrected chi connectivity index (χ0v) is 34.5. The van der Waals surface area contributed by atoms with Crippen molar-refractivity contribution in [2.75, 3.05) is 85.3 Å². The largest absolute Gasteiger partial charge is 0.508 e. The number of nitrogens with one attached hydrogen (secondary N) is 6. The Bertz CT molecular complexity index is 1540. The number of aliphatic hydroxyl groups is 1. The van der Waals surface area contributed by atoms with Crippen molar-refractivity contribution in [1.82, 2.24) is 46.8 Å². The average molecular weight is 812 g/mol. The molecule has 0 radical (unpaired) electrons. The first-order chi connectivity index (χ1) is 27.9. The second kappa shape index (κ2) is 24.4. The van der Waals surface area contributed by atoms with E-state index in [1.54, 1.807) is 29.3 Å². The number of hydrazine groups is 1. The topological polar surface area (TPSA) is 209 Å². The molecule has 2 aliphatic rings. The summed E-state index contributed by atoms with van der Waals surface area (Å²) in [6.45, 7) is 15.7. The number of urea groups is 2. The Morgan fingerprint density at radius 1 is 0.707 bits per heavy atom. The van der Waals surface area contributed by atoms with E-state index in [2.05, 4.69) is 41.8 Å². The van der Waals surface area contributed by atoms with Crippen molar-refractivity contribution < 1.29 is 38.9 Å². The molecule has 0 aromatic heterocycles. The molecule has 6 amide bonds. The molecular formula is C41H65N9O8. The van der Waals surface area contributed by atoms with E-state index in [9.17, 15) is 29.4 Å². The molecule has 2 aliphatic heterocycles. The van der Waals surface area contributed by atoms with Gasteiger partial charge in [0.15, 0.2) is 0 Å². The van der Waals surface area contributed by atoms with Crippen molar-refractivity contribution in [3.05, 3.63) is 65.7 Å². The summed E-state index contributed by atoms with van der Waals surface area (Å²) in [6.07, 6.45) is -1.00. The lowest BCUT2D eigenvalue weighted by Gasteiger charge is -2.31. The van der Waals surface area contributed by atoms with E-state index in [-0.39, 0.29) is 37.1 Å². The molecule has 0 bridgehead atoms. The van der Waals surface area contributed by atoms with Gasteiger partial charge in [-0.3, -0.25) is 24.8 Å². The molecule has 2 heterocycles. The van der Waals surface area contributed by atoms with Gasteiger partial charge in [-0.1, -0.05) is 70.2 Å². The predicted molar refractivity (Wildman–Crippen MR) is 219 cm³/mol. The highest BCUT2D eigenvalue weighted by Crippen LogP contribution is 2.21. The third kappa shape index (κ3) is 16.0. The van der Waals surface area contributed by atoms with E-state index < -0.39 is 48.1 Å². The molecule has 4 unspecified atom stereocenters. The van der Waals surface area contributed by atoms with Gasteiger partial charge in [-0.15, -0.1) is 0 Å². The van der Waals surface area contributed by atoms with Crippen molar-refractivity contribution in [3.63, 3.8) is 0 Å². The van der Waals surface area contributed by atoms with Crippen LogP contribution in [0, 0.1) is 11.8 Å². The summed E-state index contributed by atoms with van der Waals surface area (Å²) in [5.74, 6) is -1.30. The number of amides is 6. The van der Waals surface area contributed by atoms with E-state index in [1.165, 1.54) is 0 Å². The van der Waals surface area contributed by atoms with Gasteiger partial charge in [-0.05, 0) is 41.5 Å². The number of nitrogens with zero attached hydrogens (tertiary/aromatic N) is 3. The number of hydrogen-bond acceptors (Lipinski definition) is 11. The molecule has 2 aromatic carbocycles. The van der Waals surface area contributed by atoms with Crippen molar-refractivity contribution in [3.8, 4) is 5.75 Å². The fourth-order valence-corrected chi connectivity index (χ4v) is 6.74. The highest BCUT2D eigenvalue weighted by Gasteiger charge is 2.31. The van der Waals surface area contributed by atoms with Crippen LogP contribution in [0.5, 0.6) is 5.75 Å². The summed E-state index contributed by atoms with van der Waals surface area (Å²) < 4.78 is 10.8. The fourth-order valence-electron chi connectivity index (χ4n) is 6.74. The number of morpholine rings is 2. The van der Waals surface area contributed by atoms with Crippen LogP contribution in [0.2, 0.25) is 0 Å². The molecule has 17 heteroatoms. The van der Waals surface area contributed by atoms with Crippen molar-refractivity contribution in [2.24, 2.45) is 11.8 Å². The molecule has 0 aliphatic carbocycles. The number of aliphatic hydroxyl groups excluding tert-OH is 1. The number of hydrogen-bond donors (Lipinski definition) is 8. The maximum absolute atomic E-state index is 13.8. The molecule has 4 rings (SSSR count). The number of carbonyl (C=O) groups is 4. The number of rotatable bonds is 21. The Hall–Kier alpha value is -4.52. The van der Waals surface area contributed by atoms with Crippen LogP contribution < -0.4 is 32.0 Å². The summed E-state index contributed by atoms with van der Waals surface area (Å²) >= 11 is 0. The Balaban J connectivity index is 1.40. The number of ether oxygens (including phenoxy) is 2. The minimum Gasteiger partial charge on any atom is -0.508 e. The SMILES string of the molecule is CC(C)C(NC(=O)NCCN1CCOCC1)C(=O)NC(c1ccccc1)C(O)CCN(Cc1ccc(O)cc1)NC(=O)C(NC(=O)NCCN1CCOCC1)C(C)C. The van der Waals surface area contributed by atoms with Crippen LogP contribution in [0.15, 0.2) is 54.6 Å². The minimum absolute atomic E-state index is 0.0968. The van der Waals surface area contributed by atoms with Crippen LogP contribution in [-0.2, 0) is 25.6 Å². The average Bonchev–Trinajstić information content (AvgIpc) is 3.21. The van der Waals surface area contributed by atoms with Gasteiger partial charge in [0.2, 0.25) is 5.91 Å². The fraction of sp³-hybridized carbons (Fsp3) is 0.610. The predicted octanol–water partition coefficient (Wildman–Crippen LogP) is 1.15. The number of benzene rings is 2. The summed E-state index contributed by atoms with van der Waals surface area (Å²) in [5.41, 5.74) is 4.39. The van der Waals surface area contributed by atoms with Gasteiger partial charge in [0.1, 0.15) is 17.8 Å². The van der Waals surface area contributed by atoms with E-state index in [0.29, 0.717) is 58.2 Å². The van der Waals surface area contributed by atoms with E-state index in [4.69, 9.17) is 9.47 Å². The molecule has 2 fully saturated rings. The number of carbonyl (C=O) groups excluding carboxylic acids is 4. The van der Waals surface area contributed by atoms with E-state index >= 15 is 0 Å². The summed E-state index contributed by atoms with van der Waals surface area (Å²) in [6, 6.07) is 12.1. The van der Waals surface area contributed by atoms with Crippen LogP contribution in [0.25, 0.3) is 0 Å². The minimum atomic E-state index is -1.11. The van der Waals surface area contributed by atoms with Gasteiger partial charge >= 0.3 is 12.1 Å². The monoisotopic (exact) mass is 811 g/mol. The van der Waals surface area contributed by atoms with Crippen LogP contribution >= 0.6 is 0 Å². The smallest absolute Gasteiger partial charge is 0.315 e. The van der Waals surface area contributed by atoms with Gasteiger partial charge in [0, 0.05) is 65.4 Å². The number of phenolic OH excluding ortho intramolecular Hbond substituents is 1. The Morgan fingerprint density at radius 2 is 1.21 bits per heavy atom. The van der Waals surface area contributed by atoms with Crippen molar-refractivity contribution in [2.45, 2.75) is 64.9 Å². The lowest BCUT2D eigenvalue weighted by Crippen LogP contribution is -2.57. The van der Waals surface area contributed by atoms with Crippen molar-refractivity contribution in [1.29, 1.82) is 0 Å². The van der Waals surface area contributed by atoms with Crippen LogP contribution in [0.4, 0.5) is 9.59 Å². The first kappa shape index (κ1) is 46.2. The molecule has 0 saturated carbocycles. The molecule has 8 N–H and O–H groups in total. The molecule has 17 nitrogen and oxygen atoms in total. The quantitative estimate of drug-likeness (QED) is 0.0840. The van der Waals surface area contributed by atoms with E-state index in [1.807, 2.05) is 58.0 Å². The van der Waals surface area contributed by atoms with Crippen LogP contribution in [-0.4, -0.2) is 152 Å². The Morgan fingerprint density at radius 3 is 1.71 bits per heavy atom. The maximum Gasteiger partial charge on any atom is 0.315 e. The number of aromatic hydroxyl groups is 1. The van der Waals surface area contributed by atoms with Gasteiger partial charge in [0.05, 0.1) is 38.6 Å². The normalized spacial score (nSPS) is 17.2. The molecule has 4 atom stereocenters. The first-order valence-electron chi connectivity index (χ1n) is 20.4. The number of phenols is 1. The molecule has 0 spiro atoms. The zero-order chi connectivity index (χ0) is 41.9. The highest BCUT2D eigenvalue weighted by molar-refractivity contribution is 5.88. The molecule has 2 saturated heterocycles. The highest BCUT2D eigenvalue weighted by atomic mass is 16.5. The summed E-state index contributed by atoms with van der Waals surface area (Å²) in [5, 5.41) is 37.6. The summed E-state index contributed by atoms with van der Waals surface area (Å²) in [7, 11) is 0. The molecular weight excluding hydrogens is 747 g/mol. The second-order valence-corrected chi connectivity index (χ2v) is 15.5. The van der Waals surface area contributed by atoms with E-state index in [0.717, 1.165) is 31.7 Å². The second-order valence-electron chi connectivity index (χ2n) is 15.5. The van der Waals surface area contributed by atoms with Gasteiger partial charge < -0.3 is 46.3 Å². The van der Waals surface area contributed by atoms with Crippen LogP contribution in [0.1, 0.15) is 51.3 Å². The Labute approximate surface area is 342 Å². The molecule has 2 aromatic rings. The van der Waals surface area contributed by atoms with Gasteiger partial charge in [0.25, 0.3) is 5.91 Å². The summed E-state index contributed by atoms with van der Waals surface area (Å²) in [4.78, 5) is 57.8. The van der Waals surface area contributed by atoms with Crippen LogP contribution in [0.3, 0.4) is 0 Å². The zero-order valence-electron chi connectivity index (χ0n) is 34.5. The molecule has 58 heavy (non-hydrogen) atoms. The Kier molecular flexibility index (Phi) is 19.4. The lowest BCUT2D eigenvalue weighted by atomic mass is 9.97. The third-order valence-electron chi connectivity index (χ3n) is 10.2.